The molecule has 0 amide bonds. The van der Waals surface area contributed by atoms with E-state index in [2.05, 4.69) is 33.8 Å². The molecule has 3 heterocycles. The van der Waals surface area contributed by atoms with Crippen LogP contribution in [0.25, 0.3) is 10.4 Å². The Bertz CT molecular complexity index is 1240. The lowest BCUT2D eigenvalue weighted by atomic mass is 9.98. The molecule has 2 aliphatic rings. The van der Waals surface area contributed by atoms with Gasteiger partial charge in [0, 0.05) is 35.9 Å². The number of nitrogens with two attached hydrogens (primary N) is 1. The van der Waals surface area contributed by atoms with Crippen molar-refractivity contribution in [2.45, 2.75) is 43.6 Å². The standard InChI is InChI=1S/C26H27FN4O2S/c1-31-9-6-19(7-10-31)25-30-15-22(34-25)20-12-21(24(28)29-14-20)33-16-18-4-2-3-17(11-18)5-8-26(32)13-23(26)27/h2-4,11-12,14-15,19,23,32H,6-7,9-10,13,16H2,1H3,(H2,28,29). The number of benzene rings is 1. The van der Waals surface area contributed by atoms with Crippen LogP contribution in [0.2, 0.25) is 0 Å². The molecule has 1 saturated heterocycles. The lowest BCUT2D eigenvalue weighted by Crippen LogP contribution is -2.29. The normalized spacial score (nSPS) is 22.7. The van der Waals surface area contributed by atoms with Crippen LogP contribution in [-0.2, 0) is 6.61 Å². The highest BCUT2D eigenvalue weighted by atomic mass is 32.1. The Kier molecular flexibility index (Phi) is 6.26. The maximum atomic E-state index is 13.2. The van der Waals surface area contributed by atoms with Crippen LogP contribution in [0.3, 0.4) is 0 Å². The van der Waals surface area contributed by atoms with Gasteiger partial charge in [0.2, 0.25) is 0 Å². The molecular weight excluding hydrogens is 451 g/mol. The first kappa shape index (κ1) is 22.8. The Hall–Kier alpha value is -2.99. The van der Waals surface area contributed by atoms with Crippen LogP contribution in [0.15, 0.2) is 42.7 Å². The van der Waals surface area contributed by atoms with E-state index < -0.39 is 11.8 Å². The number of piperidine rings is 1. The van der Waals surface area contributed by atoms with Crippen LogP contribution < -0.4 is 10.5 Å². The van der Waals surface area contributed by atoms with E-state index >= 15 is 0 Å². The second-order valence-corrected chi connectivity index (χ2v) is 10.1. The topological polar surface area (TPSA) is 84.5 Å². The third-order valence-corrected chi connectivity index (χ3v) is 7.56. The zero-order valence-corrected chi connectivity index (χ0v) is 19.8. The molecule has 2 atom stereocenters. The van der Waals surface area contributed by atoms with Crippen molar-refractivity contribution in [3.05, 3.63) is 58.9 Å². The Labute approximate surface area is 202 Å². The molecule has 5 rings (SSSR count). The second kappa shape index (κ2) is 9.34. The Morgan fingerprint density at radius 2 is 2.06 bits per heavy atom. The fourth-order valence-corrected chi connectivity index (χ4v) is 5.06. The van der Waals surface area contributed by atoms with E-state index in [1.165, 1.54) is 5.01 Å². The quantitative estimate of drug-likeness (QED) is 0.540. The molecule has 0 spiro atoms. The van der Waals surface area contributed by atoms with Crippen molar-refractivity contribution in [1.82, 2.24) is 14.9 Å². The maximum Gasteiger partial charge on any atom is 0.166 e. The number of rotatable bonds is 5. The molecule has 34 heavy (non-hydrogen) atoms. The lowest BCUT2D eigenvalue weighted by Gasteiger charge is -2.27. The van der Waals surface area contributed by atoms with E-state index in [0.717, 1.165) is 41.9 Å². The molecule has 1 saturated carbocycles. The monoisotopic (exact) mass is 478 g/mol. The predicted octanol–water partition coefficient (Wildman–Crippen LogP) is 4.00. The van der Waals surface area contributed by atoms with Crippen molar-refractivity contribution < 1.29 is 14.2 Å². The number of aliphatic hydroxyl groups is 1. The summed E-state index contributed by atoms with van der Waals surface area (Å²) in [7, 11) is 2.16. The van der Waals surface area contributed by atoms with Crippen molar-refractivity contribution in [3.8, 4) is 28.0 Å². The van der Waals surface area contributed by atoms with Gasteiger partial charge in [-0.1, -0.05) is 24.0 Å². The van der Waals surface area contributed by atoms with Crippen molar-refractivity contribution >= 4 is 17.2 Å². The van der Waals surface area contributed by atoms with Gasteiger partial charge in [-0.05, 0) is 56.7 Å². The highest BCUT2D eigenvalue weighted by Gasteiger charge is 2.53. The molecule has 1 aliphatic heterocycles. The van der Waals surface area contributed by atoms with E-state index in [0.29, 0.717) is 23.0 Å². The van der Waals surface area contributed by atoms with Gasteiger partial charge in [0.15, 0.2) is 17.2 Å². The molecule has 2 unspecified atom stereocenters. The van der Waals surface area contributed by atoms with Crippen LogP contribution in [0, 0.1) is 11.8 Å². The Morgan fingerprint density at radius 3 is 2.82 bits per heavy atom. The second-order valence-electron chi connectivity index (χ2n) is 9.08. The van der Waals surface area contributed by atoms with Gasteiger partial charge >= 0.3 is 0 Å². The average molecular weight is 479 g/mol. The van der Waals surface area contributed by atoms with Crippen LogP contribution in [0.4, 0.5) is 10.2 Å². The number of thiazole rings is 1. The number of nitrogens with zero attached hydrogens (tertiary/aromatic N) is 3. The first-order chi connectivity index (χ1) is 16.4. The lowest BCUT2D eigenvalue weighted by molar-refractivity contribution is 0.176. The fraction of sp³-hybridized carbons (Fsp3) is 0.385. The number of hydrogen-bond donors (Lipinski definition) is 2. The summed E-state index contributed by atoms with van der Waals surface area (Å²) in [6.07, 6.45) is 4.75. The molecule has 8 heteroatoms. The molecule has 0 bridgehead atoms. The van der Waals surface area contributed by atoms with Gasteiger partial charge in [0.05, 0.1) is 9.88 Å². The molecule has 3 N–H and O–H groups in total. The Morgan fingerprint density at radius 1 is 1.26 bits per heavy atom. The van der Waals surface area contributed by atoms with E-state index in [1.807, 2.05) is 36.5 Å². The molecule has 0 radical (unpaired) electrons. The number of ether oxygens (including phenoxy) is 1. The molecule has 6 nitrogen and oxygen atoms in total. The van der Waals surface area contributed by atoms with Gasteiger partial charge in [0.1, 0.15) is 12.8 Å². The van der Waals surface area contributed by atoms with Gasteiger partial charge in [-0.15, -0.1) is 11.3 Å². The molecular formula is C26H27FN4O2S. The minimum absolute atomic E-state index is 0.0741. The average Bonchev–Trinajstić information content (AvgIpc) is 3.21. The number of likely N-dealkylation sites (tertiary alicyclic amines) is 1. The number of nitrogen functional groups attached to an aromatic ring is 1. The van der Waals surface area contributed by atoms with Gasteiger partial charge in [-0.2, -0.15) is 0 Å². The van der Waals surface area contributed by atoms with Crippen molar-refractivity contribution in [3.63, 3.8) is 0 Å². The SMILES string of the molecule is CN1CCC(c2ncc(-c3cnc(N)c(OCc4cccc(C#CC5(O)CC5F)c4)c3)s2)CC1. The van der Waals surface area contributed by atoms with Crippen molar-refractivity contribution in [2.75, 3.05) is 25.9 Å². The van der Waals surface area contributed by atoms with Crippen LogP contribution in [0.1, 0.15) is 41.3 Å². The zero-order valence-electron chi connectivity index (χ0n) is 19.0. The number of halogens is 1. The molecule has 3 aromatic rings. The summed E-state index contributed by atoms with van der Waals surface area (Å²) in [5, 5.41) is 11.0. The van der Waals surface area contributed by atoms with Gasteiger partial charge in [-0.3, -0.25) is 0 Å². The summed E-state index contributed by atoms with van der Waals surface area (Å²) in [5.74, 6) is 6.81. The fourth-order valence-electron chi connectivity index (χ4n) is 3.99. The molecule has 1 aromatic carbocycles. The highest BCUT2D eigenvalue weighted by molar-refractivity contribution is 7.15. The molecule has 2 aromatic heterocycles. The molecule has 176 valence electrons. The smallest absolute Gasteiger partial charge is 0.166 e. The van der Waals surface area contributed by atoms with E-state index in [9.17, 15) is 9.50 Å². The predicted molar refractivity (Wildman–Crippen MR) is 131 cm³/mol. The minimum atomic E-state index is -1.49. The summed E-state index contributed by atoms with van der Waals surface area (Å²) < 4.78 is 19.1. The summed E-state index contributed by atoms with van der Waals surface area (Å²) in [6.45, 7) is 2.49. The van der Waals surface area contributed by atoms with Crippen LogP contribution in [-0.4, -0.2) is 51.9 Å². The number of hydrogen-bond acceptors (Lipinski definition) is 7. The maximum absolute atomic E-state index is 13.2. The van der Waals surface area contributed by atoms with Gasteiger partial charge in [-0.25, -0.2) is 14.4 Å². The molecule has 2 fully saturated rings. The first-order valence-electron chi connectivity index (χ1n) is 11.4. The molecule has 1 aliphatic carbocycles. The van der Waals surface area contributed by atoms with E-state index in [-0.39, 0.29) is 13.0 Å². The third kappa shape index (κ3) is 5.07. The number of pyridine rings is 1. The Balaban J connectivity index is 1.27. The van der Waals surface area contributed by atoms with Crippen LogP contribution >= 0.6 is 11.3 Å². The van der Waals surface area contributed by atoms with Gasteiger partial charge in [0.25, 0.3) is 0 Å². The van der Waals surface area contributed by atoms with Gasteiger partial charge < -0.3 is 20.5 Å². The first-order valence-corrected chi connectivity index (χ1v) is 12.2. The zero-order chi connectivity index (χ0) is 23.7. The van der Waals surface area contributed by atoms with Crippen molar-refractivity contribution in [2.24, 2.45) is 0 Å². The minimum Gasteiger partial charge on any atom is -0.485 e. The largest absolute Gasteiger partial charge is 0.485 e. The number of anilines is 1. The van der Waals surface area contributed by atoms with Crippen LogP contribution in [0.5, 0.6) is 5.75 Å². The summed E-state index contributed by atoms with van der Waals surface area (Å²) >= 11 is 1.71. The van der Waals surface area contributed by atoms with E-state index in [4.69, 9.17) is 10.5 Å². The summed E-state index contributed by atoms with van der Waals surface area (Å²) in [6, 6.07) is 9.35. The number of alkyl halides is 1. The summed E-state index contributed by atoms with van der Waals surface area (Å²) in [5.41, 5.74) is 7.10. The highest BCUT2D eigenvalue weighted by Crippen LogP contribution is 2.38. The number of aromatic nitrogens is 2. The van der Waals surface area contributed by atoms with Crippen molar-refractivity contribution in [1.29, 1.82) is 0 Å². The summed E-state index contributed by atoms with van der Waals surface area (Å²) in [4.78, 5) is 12.4. The van der Waals surface area contributed by atoms with E-state index in [1.54, 1.807) is 17.5 Å². The third-order valence-electron chi connectivity index (χ3n) is 6.35.